The highest BCUT2D eigenvalue weighted by Gasteiger charge is 2.30. The summed E-state index contributed by atoms with van der Waals surface area (Å²) in [5.41, 5.74) is 2.65. The highest BCUT2D eigenvalue weighted by Crippen LogP contribution is 2.35. The number of carbonyl (C=O) groups is 1. The quantitative estimate of drug-likeness (QED) is 0.431. The van der Waals surface area contributed by atoms with Crippen LogP contribution in [0.25, 0.3) is 0 Å². The lowest BCUT2D eigenvalue weighted by molar-refractivity contribution is -0.116. The van der Waals surface area contributed by atoms with Crippen LogP contribution in [-0.4, -0.2) is 48.3 Å². The summed E-state index contributed by atoms with van der Waals surface area (Å²) < 4.78 is 65.8. The summed E-state index contributed by atoms with van der Waals surface area (Å²) in [5, 5.41) is 2.66. The Hall–Kier alpha value is -3.77. The minimum atomic E-state index is -3.87. The number of para-hydroxylation sites is 1. The minimum absolute atomic E-state index is 0.0141. The standard InChI is InChI=1S/C26H29N3O7S2/c1-17-6-5-7-18(2)25(17)28-38(33,34)22-11-8-20(9-12-22)27-26(30)19(3)29(37(4,31)32)21-10-13-23-24(16-21)36-15-14-35-23/h5-13,16,19,28H,14-15H2,1-4H3,(H,27,30)/t19-/m0/s1. The number of fused-ring (bicyclic) bond motifs is 1. The molecule has 1 atom stereocenters. The molecule has 3 aromatic carbocycles. The molecule has 0 saturated carbocycles. The Kier molecular flexibility index (Phi) is 7.56. The van der Waals surface area contributed by atoms with Crippen LogP contribution in [0.5, 0.6) is 11.5 Å². The van der Waals surface area contributed by atoms with E-state index in [1.807, 2.05) is 32.0 Å². The van der Waals surface area contributed by atoms with Gasteiger partial charge >= 0.3 is 0 Å². The second kappa shape index (κ2) is 10.5. The molecule has 0 fully saturated rings. The first-order chi connectivity index (χ1) is 17.9. The third kappa shape index (κ3) is 5.86. The van der Waals surface area contributed by atoms with Crippen molar-refractivity contribution >= 4 is 43.0 Å². The molecule has 10 nitrogen and oxygen atoms in total. The van der Waals surface area contributed by atoms with Gasteiger partial charge in [-0.1, -0.05) is 18.2 Å². The Morgan fingerprint density at radius 3 is 2.11 bits per heavy atom. The normalized spacial score (nSPS) is 13.9. The summed E-state index contributed by atoms with van der Waals surface area (Å²) in [6.45, 7) is 5.81. The van der Waals surface area contributed by atoms with E-state index in [9.17, 15) is 21.6 Å². The number of hydrogen-bond donors (Lipinski definition) is 2. The van der Waals surface area contributed by atoms with Gasteiger partial charge in [-0.05, 0) is 68.3 Å². The molecule has 0 aromatic heterocycles. The molecular formula is C26H29N3O7S2. The van der Waals surface area contributed by atoms with Crippen molar-refractivity contribution in [3.63, 3.8) is 0 Å². The second-order valence-corrected chi connectivity index (χ2v) is 12.5. The molecule has 2 N–H and O–H groups in total. The average Bonchev–Trinajstić information content (AvgIpc) is 2.86. The highest BCUT2D eigenvalue weighted by molar-refractivity contribution is 7.92. The van der Waals surface area contributed by atoms with Crippen molar-refractivity contribution in [3.05, 3.63) is 71.8 Å². The second-order valence-electron chi connectivity index (χ2n) is 8.95. The fourth-order valence-corrected chi connectivity index (χ4v) is 6.48. The molecule has 0 spiro atoms. The van der Waals surface area contributed by atoms with E-state index < -0.39 is 32.0 Å². The average molecular weight is 560 g/mol. The molecular weight excluding hydrogens is 530 g/mol. The van der Waals surface area contributed by atoms with E-state index in [2.05, 4.69) is 10.0 Å². The van der Waals surface area contributed by atoms with Gasteiger partial charge in [0.15, 0.2) is 11.5 Å². The molecule has 4 rings (SSSR count). The van der Waals surface area contributed by atoms with Crippen molar-refractivity contribution in [1.29, 1.82) is 0 Å². The molecule has 0 radical (unpaired) electrons. The van der Waals surface area contributed by atoms with Crippen molar-refractivity contribution in [2.75, 3.05) is 33.8 Å². The van der Waals surface area contributed by atoms with Crippen LogP contribution in [0.2, 0.25) is 0 Å². The number of nitrogens with one attached hydrogen (secondary N) is 2. The van der Waals surface area contributed by atoms with Gasteiger partial charge < -0.3 is 14.8 Å². The van der Waals surface area contributed by atoms with Crippen LogP contribution in [0, 0.1) is 13.8 Å². The van der Waals surface area contributed by atoms with E-state index >= 15 is 0 Å². The number of benzene rings is 3. The zero-order valence-corrected chi connectivity index (χ0v) is 23.0. The van der Waals surface area contributed by atoms with E-state index in [-0.39, 0.29) is 10.6 Å². The van der Waals surface area contributed by atoms with Gasteiger partial charge in [-0.3, -0.25) is 13.8 Å². The summed E-state index contributed by atoms with van der Waals surface area (Å²) in [6.07, 6.45) is 1.01. The number of aryl methyl sites for hydroxylation is 2. The van der Waals surface area contributed by atoms with Gasteiger partial charge in [0.05, 0.1) is 22.5 Å². The van der Waals surface area contributed by atoms with Crippen molar-refractivity contribution in [2.45, 2.75) is 31.7 Å². The van der Waals surface area contributed by atoms with Crippen LogP contribution >= 0.6 is 0 Å². The molecule has 1 aliphatic heterocycles. The summed E-state index contributed by atoms with van der Waals surface area (Å²) >= 11 is 0. The van der Waals surface area contributed by atoms with Crippen molar-refractivity contribution in [1.82, 2.24) is 0 Å². The first kappa shape index (κ1) is 27.3. The van der Waals surface area contributed by atoms with Gasteiger partial charge in [0, 0.05) is 11.8 Å². The number of ether oxygens (including phenoxy) is 2. The van der Waals surface area contributed by atoms with Crippen LogP contribution in [0.3, 0.4) is 0 Å². The summed E-state index contributed by atoms with van der Waals surface area (Å²) in [6, 6.07) is 14.6. The van der Waals surface area contributed by atoms with Gasteiger partial charge in [0.1, 0.15) is 19.3 Å². The van der Waals surface area contributed by atoms with Gasteiger partial charge in [0.25, 0.3) is 10.0 Å². The molecule has 12 heteroatoms. The number of hydrogen-bond acceptors (Lipinski definition) is 7. The van der Waals surface area contributed by atoms with Crippen molar-refractivity contribution in [3.8, 4) is 11.5 Å². The monoisotopic (exact) mass is 559 g/mol. The maximum absolute atomic E-state index is 13.1. The Morgan fingerprint density at radius 2 is 1.50 bits per heavy atom. The first-order valence-corrected chi connectivity index (χ1v) is 15.1. The Bertz CT molecular complexity index is 1550. The lowest BCUT2D eigenvalue weighted by Gasteiger charge is -2.29. The molecule has 1 aliphatic rings. The number of nitrogens with zero attached hydrogens (tertiary/aromatic N) is 1. The fourth-order valence-electron chi connectivity index (χ4n) is 4.11. The van der Waals surface area contributed by atoms with Crippen molar-refractivity contribution in [2.24, 2.45) is 0 Å². The summed E-state index contributed by atoms with van der Waals surface area (Å²) in [4.78, 5) is 13.1. The molecule has 202 valence electrons. The first-order valence-electron chi connectivity index (χ1n) is 11.8. The fraction of sp³-hybridized carbons (Fsp3) is 0.269. The van der Waals surface area contributed by atoms with Crippen LogP contribution in [-0.2, 0) is 24.8 Å². The van der Waals surface area contributed by atoms with Gasteiger partial charge in [0.2, 0.25) is 15.9 Å². The van der Waals surface area contributed by atoms with Crippen LogP contribution < -0.4 is 23.8 Å². The lowest BCUT2D eigenvalue weighted by atomic mass is 10.1. The number of sulfonamides is 2. The van der Waals surface area contributed by atoms with Gasteiger partial charge in [-0.25, -0.2) is 16.8 Å². The molecule has 3 aromatic rings. The zero-order valence-electron chi connectivity index (χ0n) is 21.4. The third-order valence-electron chi connectivity index (χ3n) is 6.02. The Labute approximate surface area is 222 Å². The molecule has 0 aliphatic carbocycles. The minimum Gasteiger partial charge on any atom is -0.486 e. The molecule has 0 bridgehead atoms. The van der Waals surface area contributed by atoms with Crippen LogP contribution in [0.4, 0.5) is 17.1 Å². The predicted octanol–water partition coefficient (Wildman–Crippen LogP) is 3.67. The van der Waals surface area contributed by atoms with E-state index in [4.69, 9.17) is 9.47 Å². The SMILES string of the molecule is Cc1cccc(C)c1NS(=O)(=O)c1ccc(NC(=O)[C@H](C)N(c2ccc3c(c2)OCCO3)S(C)(=O)=O)cc1. The summed E-state index contributed by atoms with van der Waals surface area (Å²) in [7, 11) is -7.72. The molecule has 38 heavy (non-hydrogen) atoms. The van der Waals surface area contributed by atoms with E-state index in [0.717, 1.165) is 21.7 Å². The zero-order chi connectivity index (χ0) is 27.7. The Morgan fingerprint density at radius 1 is 0.895 bits per heavy atom. The Balaban J connectivity index is 1.51. The number of carbonyl (C=O) groups excluding carboxylic acids is 1. The molecule has 0 saturated heterocycles. The highest BCUT2D eigenvalue weighted by atomic mass is 32.2. The number of amides is 1. The lowest BCUT2D eigenvalue weighted by Crippen LogP contribution is -2.45. The topological polar surface area (TPSA) is 131 Å². The van der Waals surface area contributed by atoms with Gasteiger partial charge in [-0.15, -0.1) is 0 Å². The molecule has 1 heterocycles. The van der Waals surface area contributed by atoms with Crippen LogP contribution in [0.15, 0.2) is 65.6 Å². The third-order valence-corrected chi connectivity index (χ3v) is 8.63. The summed E-state index contributed by atoms with van der Waals surface area (Å²) in [5.74, 6) is 0.281. The molecule has 0 unspecified atom stereocenters. The largest absolute Gasteiger partial charge is 0.486 e. The maximum atomic E-state index is 13.1. The maximum Gasteiger partial charge on any atom is 0.261 e. The number of rotatable bonds is 8. The van der Waals surface area contributed by atoms with E-state index in [1.54, 1.807) is 12.1 Å². The van der Waals surface area contributed by atoms with Crippen LogP contribution in [0.1, 0.15) is 18.1 Å². The predicted molar refractivity (Wildman–Crippen MR) is 146 cm³/mol. The van der Waals surface area contributed by atoms with Crippen molar-refractivity contribution < 1.29 is 31.1 Å². The van der Waals surface area contributed by atoms with E-state index in [1.165, 1.54) is 37.3 Å². The smallest absolute Gasteiger partial charge is 0.261 e. The van der Waals surface area contributed by atoms with E-state index in [0.29, 0.717) is 36.1 Å². The number of anilines is 3. The molecule has 1 amide bonds. The van der Waals surface area contributed by atoms with Gasteiger partial charge in [-0.2, -0.15) is 0 Å².